The topological polar surface area (TPSA) is 86.7 Å². The Morgan fingerprint density at radius 1 is 1.47 bits per heavy atom. The lowest BCUT2D eigenvalue weighted by Gasteiger charge is -2.17. The van der Waals surface area contributed by atoms with E-state index < -0.39 is 35.7 Å². The number of esters is 3. The molecule has 2 rings (SSSR count). The standard InChI is InChI=1S/C11H12O6/c1-2-5-6(9(13)16-4-12)3-7-8(5)11(15)17-10(7)14/h4-8H,2-3H2,1H3. The van der Waals surface area contributed by atoms with Gasteiger partial charge in [-0.2, -0.15) is 0 Å². The summed E-state index contributed by atoms with van der Waals surface area (Å²) in [6.45, 7) is 1.90. The molecule has 92 valence electrons. The van der Waals surface area contributed by atoms with Crippen molar-refractivity contribution < 1.29 is 28.7 Å². The summed E-state index contributed by atoms with van der Waals surface area (Å²) in [4.78, 5) is 44.6. The van der Waals surface area contributed by atoms with Crippen LogP contribution in [0.2, 0.25) is 0 Å². The predicted octanol–water partition coefficient (Wildman–Crippen LogP) is 0.0479. The summed E-state index contributed by atoms with van der Waals surface area (Å²) in [6, 6.07) is 0. The quantitative estimate of drug-likeness (QED) is 0.393. The summed E-state index contributed by atoms with van der Waals surface area (Å²) in [5, 5.41) is 0. The number of fused-ring (bicyclic) bond motifs is 1. The summed E-state index contributed by atoms with van der Waals surface area (Å²) < 4.78 is 8.86. The van der Waals surface area contributed by atoms with E-state index in [4.69, 9.17) is 0 Å². The molecular weight excluding hydrogens is 228 g/mol. The fourth-order valence-corrected chi connectivity index (χ4v) is 2.91. The zero-order valence-electron chi connectivity index (χ0n) is 9.25. The molecule has 1 aliphatic carbocycles. The van der Waals surface area contributed by atoms with Crippen molar-refractivity contribution >= 4 is 24.4 Å². The zero-order valence-corrected chi connectivity index (χ0v) is 9.25. The molecule has 1 saturated carbocycles. The maximum atomic E-state index is 11.5. The Balaban J connectivity index is 2.22. The van der Waals surface area contributed by atoms with E-state index in [1.54, 1.807) is 0 Å². The summed E-state index contributed by atoms with van der Waals surface area (Å²) in [7, 11) is 0. The van der Waals surface area contributed by atoms with Crippen LogP contribution in [0.1, 0.15) is 19.8 Å². The normalized spacial score (nSPS) is 35.4. The average molecular weight is 240 g/mol. The highest BCUT2D eigenvalue weighted by atomic mass is 16.6. The molecule has 17 heavy (non-hydrogen) atoms. The second-order valence-electron chi connectivity index (χ2n) is 4.32. The first kappa shape index (κ1) is 11.8. The van der Waals surface area contributed by atoms with Gasteiger partial charge in [-0.3, -0.25) is 19.2 Å². The molecule has 0 aromatic heterocycles. The predicted molar refractivity (Wildman–Crippen MR) is 52.1 cm³/mol. The highest BCUT2D eigenvalue weighted by Gasteiger charge is 2.57. The van der Waals surface area contributed by atoms with Crippen molar-refractivity contribution in [1.29, 1.82) is 0 Å². The highest BCUT2D eigenvalue weighted by Crippen LogP contribution is 2.48. The van der Waals surface area contributed by atoms with Gasteiger partial charge in [0, 0.05) is 0 Å². The van der Waals surface area contributed by atoms with E-state index in [-0.39, 0.29) is 18.8 Å². The smallest absolute Gasteiger partial charge is 0.317 e. The molecule has 0 aromatic rings. The van der Waals surface area contributed by atoms with E-state index in [1.807, 2.05) is 6.92 Å². The third kappa shape index (κ3) is 1.73. The number of ether oxygens (including phenoxy) is 2. The first-order valence-electron chi connectivity index (χ1n) is 5.49. The lowest BCUT2D eigenvalue weighted by atomic mass is 9.86. The Morgan fingerprint density at radius 3 is 2.76 bits per heavy atom. The SMILES string of the molecule is CCC1C(C(=O)OC=O)CC2C(=O)OC(=O)C21. The molecule has 0 N–H and O–H groups in total. The molecule has 1 aliphatic heterocycles. The van der Waals surface area contributed by atoms with Crippen LogP contribution < -0.4 is 0 Å². The van der Waals surface area contributed by atoms with Gasteiger partial charge < -0.3 is 9.47 Å². The highest BCUT2D eigenvalue weighted by molar-refractivity contribution is 5.98. The molecule has 0 amide bonds. The minimum atomic E-state index is -0.665. The van der Waals surface area contributed by atoms with Crippen molar-refractivity contribution in [3.05, 3.63) is 0 Å². The van der Waals surface area contributed by atoms with E-state index in [0.29, 0.717) is 6.42 Å². The minimum Gasteiger partial charge on any atom is -0.395 e. The average Bonchev–Trinajstić information content (AvgIpc) is 2.79. The summed E-state index contributed by atoms with van der Waals surface area (Å²) in [6.07, 6.45) is 0.780. The van der Waals surface area contributed by atoms with Gasteiger partial charge in [0.2, 0.25) is 0 Å². The van der Waals surface area contributed by atoms with Crippen molar-refractivity contribution in [2.24, 2.45) is 23.7 Å². The molecule has 6 nitrogen and oxygen atoms in total. The number of carbonyl (C=O) groups excluding carboxylic acids is 4. The van der Waals surface area contributed by atoms with E-state index >= 15 is 0 Å². The molecule has 0 bridgehead atoms. The maximum absolute atomic E-state index is 11.5. The molecule has 6 heteroatoms. The number of carbonyl (C=O) groups is 4. The molecule has 2 fully saturated rings. The maximum Gasteiger partial charge on any atom is 0.317 e. The van der Waals surface area contributed by atoms with Gasteiger partial charge in [0.1, 0.15) is 0 Å². The second-order valence-corrected chi connectivity index (χ2v) is 4.32. The minimum absolute atomic E-state index is 0.0727. The van der Waals surface area contributed by atoms with Gasteiger partial charge in [-0.15, -0.1) is 0 Å². The van der Waals surface area contributed by atoms with Crippen molar-refractivity contribution in [2.45, 2.75) is 19.8 Å². The van der Waals surface area contributed by atoms with E-state index in [2.05, 4.69) is 9.47 Å². The first-order chi connectivity index (χ1) is 8.10. The van der Waals surface area contributed by atoms with Crippen LogP contribution in [0.15, 0.2) is 0 Å². The van der Waals surface area contributed by atoms with Crippen LogP contribution in [0.5, 0.6) is 0 Å². The van der Waals surface area contributed by atoms with Gasteiger partial charge in [0.05, 0.1) is 17.8 Å². The van der Waals surface area contributed by atoms with Gasteiger partial charge in [0.15, 0.2) is 0 Å². The van der Waals surface area contributed by atoms with Crippen molar-refractivity contribution in [2.75, 3.05) is 0 Å². The third-order valence-corrected chi connectivity index (χ3v) is 3.63. The van der Waals surface area contributed by atoms with Crippen LogP contribution in [0.3, 0.4) is 0 Å². The summed E-state index contributed by atoms with van der Waals surface area (Å²) in [5.74, 6) is -3.77. The van der Waals surface area contributed by atoms with Gasteiger partial charge in [-0.05, 0) is 12.3 Å². The number of cyclic esters (lactones) is 2. The Labute approximate surface area is 97.3 Å². The molecule has 4 unspecified atom stereocenters. The number of hydrogen-bond acceptors (Lipinski definition) is 6. The van der Waals surface area contributed by atoms with E-state index in [9.17, 15) is 19.2 Å². The summed E-state index contributed by atoms with van der Waals surface area (Å²) >= 11 is 0. The van der Waals surface area contributed by atoms with Crippen molar-refractivity contribution in [1.82, 2.24) is 0 Å². The first-order valence-corrected chi connectivity index (χ1v) is 5.49. The molecule has 0 radical (unpaired) electrons. The van der Waals surface area contributed by atoms with Crippen LogP contribution in [-0.2, 0) is 28.7 Å². The molecular formula is C11H12O6. The Morgan fingerprint density at radius 2 is 2.18 bits per heavy atom. The lowest BCUT2D eigenvalue weighted by molar-refractivity contribution is -0.157. The molecule has 1 heterocycles. The van der Waals surface area contributed by atoms with Gasteiger partial charge in [-0.1, -0.05) is 13.3 Å². The van der Waals surface area contributed by atoms with Crippen molar-refractivity contribution in [3.63, 3.8) is 0 Å². The Hall–Kier alpha value is -1.72. The third-order valence-electron chi connectivity index (χ3n) is 3.63. The van der Waals surface area contributed by atoms with Gasteiger partial charge >= 0.3 is 24.4 Å². The molecule has 1 saturated heterocycles. The fraction of sp³-hybridized carbons (Fsp3) is 0.636. The zero-order chi connectivity index (χ0) is 12.6. The molecule has 4 atom stereocenters. The van der Waals surface area contributed by atoms with Crippen molar-refractivity contribution in [3.8, 4) is 0 Å². The monoisotopic (exact) mass is 240 g/mol. The molecule has 0 aromatic carbocycles. The lowest BCUT2D eigenvalue weighted by Crippen LogP contribution is -2.26. The number of rotatable bonds is 3. The number of hydrogen-bond donors (Lipinski definition) is 0. The second kappa shape index (κ2) is 4.27. The molecule has 0 spiro atoms. The van der Waals surface area contributed by atoms with Crippen LogP contribution in [0.4, 0.5) is 0 Å². The van der Waals surface area contributed by atoms with Gasteiger partial charge in [0.25, 0.3) is 0 Å². The van der Waals surface area contributed by atoms with Crippen LogP contribution >= 0.6 is 0 Å². The van der Waals surface area contributed by atoms with Crippen LogP contribution in [0, 0.1) is 23.7 Å². The summed E-state index contributed by atoms with van der Waals surface area (Å²) in [5.41, 5.74) is 0. The Bertz CT molecular complexity index is 387. The van der Waals surface area contributed by atoms with E-state index in [1.165, 1.54) is 0 Å². The largest absolute Gasteiger partial charge is 0.395 e. The van der Waals surface area contributed by atoms with Crippen LogP contribution in [0.25, 0.3) is 0 Å². The van der Waals surface area contributed by atoms with E-state index in [0.717, 1.165) is 0 Å². The van der Waals surface area contributed by atoms with Crippen LogP contribution in [-0.4, -0.2) is 24.4 Å². The molecule has 2 aliphatic rings. The van der Waals surface area contributed by atoms with Gasteiger partial charge in [-0.25, -0.2) is 0 Å². The fourth-order valence-electron chi connectivity index (χ4n) is 2.91. The Kier molecular flexibility index (Phi) is 2.95.